The summed E-state index contributed by atoms with van der Waals surface area (Å²) in [5, 5.41) is 4.86. The monoisotopic (exact) mass is 258 g/mol. The highest BCUT2D eigenvalue weighted by Crippen LogP contribution is 2.30. The molecule has 0 heterocycles. The quantitative estimate of drug-likeness (QED) is 0.807. The molecular weight excluding hydrogens is 236 g/mol. The summed E-state index contributed by atoms with van der Waals surface area (Å²) < 4.78 is 10.6. The minimum atomic E-state index is -0.452. The van der Waals surface area contributed by atoms with E-state index in [1.54, 1.807) is 0 Å². The molecule has 3 unspecified atom stereocenters. The van der Waals surface area contributed by atoms with Gasteiger partial charge in [0.15, 0.2) is 0 Å². The van der Waals surface area contributed by atoms with Crippen molar-refractivity contribution in [3.8, 4) is 0 Å². The predicted molar refractivity (Wildman–Crippen MR) is 66.3 cm³/mol. The van der Waals surface area contributed by atoms with E-state index in [-0.39, 0.29) is 18.1 Å². The number of carbonyl (C=O) groups excluding carboxylic acids is 2. The first kappa shape index (κ1) is 14.6. The van der Waals surface area contributed by atoms with Gasteiger partial charge in [-0.1, -0.05) is 6.42 Å². The van der Waals surface area contributed by atoms with Gasteiger partial charge in [0.1, 0.15) is 12.2 Å². The molecule has 6 heteroatoms. The second kappa shape index (κ2) is 7.08. The number of rotatable bonds is 3. The standard InChI is InChI=1S/C12H22N2O4/c1-8(17-11(15)13-2)9-6-4-5-7-10(9)18-12(16)14-3/h8-10H,4-7H2,1-3H3,(H,13,15)(H,14,16). The van der Waals surface area contributed by atoms with E-state index in [9.17, 15) is 9.59 Å². The van der Waals surface area contributed by atoms with Gasteiger partial charge in [0.25, 0.3) is 0 Å². The zero-order chi connectivity index (χ0) is 13.5. The SMILES string of the molecule is CNC(=O)OC(C)C1CCCCC1OC(=O)NC. The molecule has 2 N–H and O–H groups in total. The molecule has 0 saturated heterocycles. The van der Waals surface area contributed by atoms with Crippen LogP contribution in [0.25, 0.3) is 0 Å². The van der Waals surface area contributed by atoms with E-state index in [4.69, 9.17) is 9.47 Å². The van der Waals surface area contributed by atoms with Crippen LogP contribution in [-0.4, -0.2) is 38.5 Å². The van der Waals surface area contributed by atoms with Gasteiger partial charge in [-0.15, -0.1) is 0 Å². The van der Waals surface area contributed by atoms with Gasteiger partial charge in [-0.3, -0.25) is 0 Å². The maximum absolute atomic E-state index is 11.3. The lowest BCUT2D eigenvalue weighted by molar-refractivity contribution is -0.0219. The molecule has 0 spiro atoms. The summed E-state index contributed by atoms with van der Waals surface area (Å²) in [6.45, 7) is 1.84. The molecule has 0 aromatic carbocycles. The van der Waals surface area contributed by atoms with Crippen molar-refractivity contribution in [2.24, 2.45) is 5.92 Å². The van der Waals surface area contributed by atoms with Crippen LogP contribution >= 0.6 is 0 Å². The van der Waals surface area contributed by atoms with Crippen molar-refractivity contribution in [1.82, 2.24) is 10.6 Å². The first-order chi connectivity index (χ1) is 8.58. The van der Waals surface area contributed by atoms with E-state index >= 15 is 0 Å². The van der Waals surface area contributed by atoms with E-state index in [0.29, 0.717) is 0 Å². The Morgan fingerprint density at radius 1 is 1.11 bits per heavy atom. The maximum Gasteiger partial charge on any atom is 0.407 e. The Bertz CT molecular complexity index is 296. The van der Waals surface area contributed by atoms with Crippen molar-refractivity contribution in [2.45, 2.75) is 44.8 Å². The number of hydrogen-bond acceptors (Lipinski definition) is 4. The summed E-state index contributed by atoms with van der Waals surface area (Å²) in [7, 11) is 3.05. The number of nitrogens with one attached hydrogen (secondary N) is 2. The molecule has 1 rings (SSSR count). The molecule has 1 aliphatic rings. The van der Waals surface area contributed by atoms with Crippen molar-refractivity contribution < 1.29 is 19.1 Å². The summed E-state index contributed by atoms with van der Waals surface area (Å²) in [6, 6.07) is 0. The Morgan fingerprint density at radius 3 is 2.33 bits per heavy atom. The summed E-state index contributed by atoms with van der Waals surface area (Å²) >= 11 is 0. The maximum atomic E-state index is 11.3. The molecule has 3 atom stereocenters. The normalized spacial score (nSPS) is 24.8. The zero-order valence-electron chi connectivity index (χ0n) is 11.2. The lowest BCUT2D eigenvalue weighted by Gasteiger charge is -2.34. The van der Waals surface area contributed by atoms with Crippen molar-refractivity contribution in [3.05, 3.63) is 0 Å². The van der Waals surface area contributed by atoms with Gasteiger partial charge in [-0.05, 0) is 26.2 Å². The first-order valence-corrected chi connectivity index (χ1v) is 6.35. The smallest absolute Gasteiger partial charge is 0.407 e. The fourth-order valence-electron chi connectivity index (χ4n) is 2.32. The minimum absolute atomic E-state index is 0.0633. The van der Waals surface area contributed by atoms with Gasteiger partial charge in [0.05, 0.1) is 0 Å². The number of carbonyl (C=O) groups is 2. The van der Waals surface area contributed by atoms with E-state index < -0.39 is 12.2 Å². The van der Waals surface area contributed by atoms with Crippen molar-refractivity contribution in [2.75, 3.05) is 14.1 Å². The number of amides is 2. The molecule has 1 aliphatic carbocycles. The molecule has 2 amide bonds. The van der Waals surface area contributed by atoms with Crippen LogP contribution in [-0.2, 0) is 9.47 Å². The average molecular weight is 258 g/mol. The molecule has 0 aromatic rings. The predicted octanol–water partition coefficient (Wildman–Crippen LogP) is 1.65. The van der Waals surface area contributed by atoms with Crippen LogP contribution in [0, 0.1) is 5.92 Å². The molecule has 1 saturated carbocycles. The highest BCUT2D eigenvalue weighted by Gasteiger charge is 2.34. The van der Waals surface area contributed by atoms with Gasteiger partial charge in [-0.25, -0.2) is 9.59 Å². The fraction of sp³-hybridized carbons (Fsp3) is 0.833. The zero-order valence-corrected chi connectivity index (χ0v) is 11.2. The average Bonchev–Trinajstić information content (AvgIpc) is 2.38. The minimum Gasteiger partial charge on any atom is -0.446 e. The molecule has 0 bridgehead atoms. The Hall–Kier alpha value is -1.46. The van der Waals surface area contributed by atoms with Crippen LogP contribution in [0.2, 0.25) is 0 Å². The molecule has 1 fully saturated rings. The van der Waals surface area contributed by atoms with Crippen LogP contribution < -0.4 is 10.6 Å². The van der Waals surface area contributed by atoms with Gasteiger partial charge in [0.2, 0.25) is 0 Å². The first-order valence-electron chi connectivity index (χ1n) is 6.35. The van der Waals surface area contributed by atoms with Gasteiger partial charge < -0.3 is 20.1 Å². The Labute approximate surface area is 107 Å². The largest absolute Gasteiger partial charge is 0.446 e. The molecule has 0 radical (unpaired) electrons. The summed E-state index contributed by atoms with van der Waals surface area (Å²) in [5.41, 5.74) is 0. The summed E-state index contributed by atoms with van der Waals surface area (Å²) in [6.07, 6.45) is 2.49. The number of hydrogen-bond donors (Lipinski definition) is 2. The third kappa shape index (κ3) is 4.09. The lowest BCUT2D eigenvalue weighted by Crippen LogP contribution is -2.41. The van der Waals surface area contributed by atoms with E-state index in [0.717, 1.165) is 25.7 Å². The molecular formula is C12H22N2O4. The Balaban J connectivity index is 2.57. The second-order valence-corrected chi connectivity index (χ2v) is 4.50. The Morgan fingerprint density at radius 2 is 1.72 bits per heavy atom. The van der Waals surface area contributed by atoms with Crippen LogP contribution in [0.4, 0.5) is 9.59 Å². The van der Waals surface area contributed by atoms with E-state index in [1.165, 1.54) is 14.1 Å². The van der Waals surface area contributed by atoms with Crippen LogP contribution in [0.5, 0.6) is 0 Å². The third-order valence-electron chi connectivity index (χ3n) is 3.32. The topological polar surface area (TPSA) is 76.7 Å². The fourth-order valence-corrected chi connectivity index (χ4v) is 2.32. The summed E-state index contributed by atoms with van der Waals surface area (Å²) in [5.74, 6) is 0.0633. The lowest BCUT2D eigenvalue weighted by atomic mass is 9.83. The highest BCUT2D eigenvalue weighted by atomic mass is 16.6. The van der Waals surface area contributed by atoms with Gasteiger partial charge >= 0.3 is 12.2 Å². The van der Waals surface area contributed by atoms with Gasteiger partial charge in [0, 0.05) is 20.0 Å². The van der Waals surface area contributed by atoms with Crippen molar-refractivity contribution >= 4 is 12.2 Å². The highest BCUT2D eigenvalue weighted by molar-refractivity contribution is 5.67. The van der Waals surface area contributed by atoms with Crippen molar-refractivity contribution in [1.29, 1.82) is 0 Å². The Kier molecular flexibility index (Phi) is 5.74. The molecule has 0 aliphatic heterocycles. The number of alkyl carbamates (subject to hydrolysis) is 2. The molecule has 104 valence electrons. The molecule has 6 nitrogen and oxygen atoms in total. The summed E-state index contributed by atoms with van der Waals surface area (Å²) in [4.78, 5) is 22.5. The van der Waals surface area contributed by atoms with Crippen molar-refractivity contribution in [3.63, 3.8) is 0 Å². The van der Waals surface area contributed by atoms with E-state index in [1.807, 2.05) is 6.92 Å². The second-order valence-electron chi connectivity index (χ2n) is 4.50. The van der Waals surface area contributed by atoms with Crippen LogP contribution in [0.1, 0.15) is 32.6 Å². The van der Waals surface area contributed by atoms with Crippen LogP contribution in [0.15, 0.2) is 0 Å². The van der Waals surface area contributed by atoms with Gasteiger partial charge in [-0.2, -0.15) is 0 Å². The molecule has 18 heavy (non-hydrogen) atoms. The number of ether oxygens (including phenoxy) is 2. The van der Waals surface area contributed by atoms with E-state index in [2.05, 4.69) is 10.6 Å². The third-order valence-corrected chi connectivity index (χ3v) is 3.32. The van der Waals surface area contributed by atoms with Crippen LogP contribution in [0.3, 0.4) is 0 Å². The molecule has 0 aromatic heterocycles.